The molecule has 3 amide bonds. The van der Waals surface area contributed by atoms with Crippen LogP contribution >= 0.6 is 0 Å². The molecule has 132 valence electrons. The SMILES string of the molecule is Bc1c(B)c2c3c(c(B)c(B)c(B)c3c1B)N(C1(B)CCC(=O)NC1=O)C2=O. The van der Waals surface area contributed by atoms with E-state index in [0.29, 0.717) is 12.0 Å². The van der Waals surface area contributed by atoms with Crippen LogP contribution < -0.4 is 43.0 Å². The van der Waals surface area contributed by atoms with Gasteiger partial charge in [0.25, 0.3) is 5.91 Å². The molecule has 0 spiro atoms. The lowest BCUT2D eigenvalue weighted by molar-refractivity contribution is -0.135. The third kappa shape index (κ3) is 2.15. The lowest BCUT2D eigenvalue weighted by Gasteiger charge is -2.41. The number of benzene rings is 2. The molecule has 4 rings (SSSR count). The van der Waals surface area contributed by atoms with Crippen LogP contribution in [0.4, 0.5) is 5.69 Å². The highest BCUT2D eigenvalue weighted by molar-refractivity contribution is 6.70. The molecule has 12 heteroatoms. The molecular weight excluding hydrogens is 344 g/mol. The van der Waals surface area contributed by atoms with E-state index in [1.165, 1.54) is 10.9 Å². The van der Waals surface area contributed by atoms with Crippen molar-refractivity contribution in [2.24, 2.45) is 0 Å². The number of rotatable bonds is 1. The maximum absolute atomic E-state index is 13.7. The van der Waals surface area contributed by atoms with Crippen molar-refractivity contribution in [1.82, 2.24) is 5.32 Å². The predicted molar refractivity (Wildman–Crippen MR) is 133 cm³/mol. The molecule has 2 heterocycles. The zero-order valence-electron chi connectivity index (χ0n) is 17.6. The minimum absolute atomic E-state index is 0.138. The molecule has 5 nitrogen and oxygen atoms in total. The molecular formula is C16H19B7N2O3. The number of piperidine rings is 1. The van der Waals surface area contributed by atoms with E-state index < -0.39 is 11.3 Å². The first-order valence-electron chi connectivity index (χ1n) is 9.74. The molecule has 0 radical (unpaired) electrons. The van der Waals surface area contributed by atoms with Crippen molar-refractivity contribution < 1.29 is 14.4 Å². The quantitative estimate of drug-likeness (QED) is 0.405. The summed E-state index contributed by atoms with van der Waals surface area (Å²) in [6.45, 7) is 0. The molecule has 0 saturated carbocycles. The van der Waals surface area contributed by atoms with Crippen molar-refractivity contribution in [2.45, 2.75) is 18.3 Å². The fourth-order valence-corrected chi connectivity index (χ4v) is 4.93. The van der Waals surface area contributed by atoms with Gasteiger partial charge in [-0.1, -0.05) is 32.8 Å². The summed E-state index contributed by atoms with van der Waals surface area (Å²) in [4.78, 5) is 40.0. The van der Waals surface area contributed by atoms with Gasteiger partial charge < -0.3 is 4.90 Å². The van der Waals surface area contributed by atoms with Crippen LogP contribution in [0.15, 0.2) is 0 Å². The van der Waals surface area contributed by atoms with Crippen molar-refractivity contribution in [3.63, 3.8) is 0 Å². The molecule has 0 aliphatic carbocycles. The van der Waals surface area contributed by atoms with Crippen LogP contribution in [0.5, 0.6) is 0 Å². The van der Waals surface area contributed by atoms with Gasteiger partial charge in [0, 0.05) is 23.1 Å². The Morgan fingerprint density at radius 1 is 0.786 bits per heavy atom. The monoisotopic (exact) mass is 364 g/mol. The molecule has 2 aromatic rings. The van der Waals surface area contributed by atoms with Crippen molar-refractivity contribution in [1.29, 1.82) is 0 Å². The number of imide groups is 1. The summed E-state index contributed by atoms with van der Waals surface area (Å²) in [5.74, 6) is -0.820. The number of nitrogens with one attached hydrogen (secondary N) is 1. The van der Waals surface area contributed by atoms with Crippen LogP contribution in [0.2, 0.25) is 0 Å². The van der Waals surface area contributed by atoms with Gasteiger partial charge in [-0.3, -0.25) is 19.7 Å². The first-order chi connectivity index (χ1) is 13.0. The number of amides is 3. The van der Waals surface area contributed by atoms with E-state index in [4.69, 9.17) is 0 Å². The third-order valence-electron chi connectivity index (χ3n) is 7.18. The van der Waals surface area contributed by atoms with Crippen molar-refractivity contribution >= 4 is 122 Å². The normalized spacial score (nSPS) is 21.4. The summed E-state index contributed by atoms with van der Waals surface area (Å²) in [5.41, 5.74) is 7.04. The topological polar surface area (TPSA) is 66.5 Å². The standard InChI is InChI=1S/C16H19B7N2O3/c17-7-5-4-6(9(19)10(7)20)14(27)25(13(4)12(22)11(21)8(5)18)16(23)2-1-3(26)24-15(16)28/h1-2,17-23H2,(H,24,26,28). The van der Waals surface area contributed by atoms with Crippen LogP contribution in [0.25, 0.3) is 10.8 Å². The summed E-state index contributed by atoms with van der Waals surface area (Å²) in [7, 11) is 14.1. The first kappa shape index (κ1) is 19.1. The van der Waals surface area contributed by atoms with Crippen molar-refractivity contribution in [3.05, 3.63) is 5.56 Å². The van der Waals surface area contributed by atoms with Gasteiger partial charge in [0.2, 0.25) is 11.8 Å². The van der Waals surface area contributed by atoms with Crippen LogP contribution in [-0.2, 0) is 9.59 Å². The van der Waals surface area contributed by atoms with E-state index >= 15 is 0 Å². The van der Waals surface area contributed by atoms with E-state index in [0.717, 1.165) is 38.3 Å². The minimum atomic E-state index is -1.09. The first-order valence-corrected chi connectivity index (χ1v) is 9.74. The Kier molecular flexibility index (Phi) is 4.01. The summed E-state index contributed by atoms with van der Waals surface area (Å²) in [6.07, 6.45) is 0.550. The second-order valence-electron chi connectivity index (χ2n) is 8.52. The molecule has 2 aliphatic rings. The largest absolute Gasteiger partial charge is 0.301 e. The lowest BCUT2D eigenvalue weighted by Crippen LogP contribution is -2.65. The van der Waals surface area contributed by atoms with Crippen LogP contribution in [0.3, 0.4) is 0 Å². The summed E-state index contributed by atoms with van der Waals surface area (Å²) in [6, 6.07) is 0. The molecule has 1 fully saturated rings. The predicted octanol–water partition coefficient (Wildman–Crippen LogP) is -9.88. The highest BCUT2D eigenvalue weighted by Gasteiger charge is 2.50. The third-order valence-corrected chi connectivity index (χ3v) is 7.18. The second-order valence-corrected chi connectivity index (χ2v) is 8.52. The van der Waals surface area contributed by atoms with Crippen LogP contribution in [-0.4, -0.2) is 78.1 Å². The zero-order valence-corrected chi connectivity index (χ0v) is 17.6. The molecule has 0 bridgehead atoms. The Balaban J connectivity index is 2.13. The number of hydrogen-bond donors (Lipinski definition) is 1. The van der Waals surface area contributed by atoms with Gasteiger partial charge in [-0.05, 0) is 11.8 Å². The number of nitrogens with zero attached hydrogens (tertiary/aromatic N) is 1. The average molecular weight is 363 g/mol. The fraction of sp³-hybridized carbons (Fsp3) is 0.188. The van der Waals surface area contributed by atoms with Gasteiger partial charge in [0.1, 0.15) is 54.9 Å². The van der Waals surface area contributed by atoms with Gasteiger partial charge >= 0.3 is 0 Å². The Morgan fingerprint density at radius 3 is 1.93 bits per heavy atom. The molecule has 0 aromatic heterocycles. The maximum Gasteiger partial charge on any atom is 0.258 e. The summed E-state index contributed by atoms with van der Waals surface area (Å²) < 4.78 is 0. The Labute approximate surface area is 170 Å². The number of carbonyl (C=O) groups is 3. The average Bonchev–Trinajstić information content (AvgIpc) is 2.95. The Hall–Kier alpha value is -2.24. The zero-order chi connectivity index (χ0) is 20.7. The highest BCUT2D eigenvalue weighted by Crippen LogP contribution is 2.39. The maximum atomic E-state index is 13.7. The number of hydrogen-bond acceptors (Lipinski definition) is 3. The van der Waals surface area contributed by atoms with E-state index in [2.05, 4.69) is 36.7 Å². The number of carbonyl (C=O) groups excluding carboxylic acids is 3. The molecule has 2 aliphatic heterocycles. The van der Waals surface area contributed by atoms with E-state index in [1.807, 2.05) is 15.7 Å². The van der Waals surface area contributed by atoms with E-state index in [-0.39, 0.29) is 18.2 Å². The smallest absolute Gasteiger partial charge is 0.258 e. The second kappa shape index (κ2) is 5.88. The molecule has 28 heavy (non-hydrogen) atoms. The van der Waals surface area contributed by atoms with Gasteiger partial charge in [-0.2, -0.15) is 0 Å². The fourth-order valence-electron chi connectivity index (χ4n) is 4.93. The van der Waals surface area contributed by atoms with Gasteiger partial charge in [-0.15, -0.1) is 0 Å². The highest BCUT2D eigenvalue weighted by atomic mass is 16.2. The Bertz CT molecular complexity index is 1140. The lowest BCUT2D eigenvalue weighted by atomic mass is 9.62. The van der Waals surface area contributed by atoms with Crippen molar-refractivity contribution in [3.8, 4) is 0 Å². The molecule has 1 saturated heterocycles. The number of anilines is 1. The van der Waals surface area contributed by atoms with Gasteiger partial charge in [0.15, 0.2) is 0 Å². The summed E-state index contributed by atoms with van der Waals surface area (Å²) in [5, 5.41) is 4.51. The van der Waals surface area contributed by atoms with Crippen LogP contribution in [0, 0.1) is 0 Å². The Morgan fingerprint density at radius 2 is 1.36 bits per heavy atom. The molecule has 1 atom stereocenters. The summed E-state index contributed by atoms with van der Waals surface area (Å²) >= 11 is 0. The molecule has 2 aromatic carbocycles. The molecule has 1 unspecified atom stereocenters. The molecule has 1 N–H and O–H groups in total. The van der Waals surface area contributed by atoms with Crippen molar-refractivity contribution in [2.75, 3.05) is 4.90 Å². The van der Waals surface area contributed by atoms with Gasteiger partial charge in [-0.25, -0.2) is 0 Å². The van der Waals surface area contributed by atoms with E-state index in [1.54, 1.807) is 12.7 Å². The van der Waals surface area contributed by atoms with E-state index in [9.17, 15) is 14.4 Å². The van der Waals surface area contributed by atoms with Crippen LogP contribution in [0.1, 0.15) is 23.2 Å². The minimum Gasteiger partial charge on any atom is -0.301 e. The van der Waals surface area contributed by atoms with Gasteiger partial charge in [0.05, 0.1) is 5.44 Å².